The van der Waals surface area contributed by atoms with Gasteiger partial charge < -0.3 is 20.6 Å². The van der Waals surface area contributed by atoms with E-state index in [-0.39, 0.29) is 30.0 Å². The summed E-state index contributed by atoms with van der Waals surface area (Å²) in [5.74, 6) is -1.48. The second kappa shape index (κ2) is 22.1. The number of hydrogen-bond acceptors (Lipinski definition) is 4. The van der Waals surface area contributed by atoms with Gasteiger partial charge in [0, 0.05) is 23.9 Å². The molecule has 1 aliphatic rings. The first kappa shape index (κ1) is 36.0. The zero-order chi connectivity index (χ0) is 27.2. The van der Waals surface area contributed by atoms with Crippen molar-refractivity contribution in [2.24, 2.45) is 0 Å². The van der Waals surface area contributed by atoms with Gasteiger partial charge in [0.25, 0.3) is 0 Å². The van der Waals surface area contributed by atoms with E-state index in [9.17, 15) is 14.7 Å². The molecule has 6 nitrogen and oxygen atoms in total. The van der Waals surface area contributed by atoms with Crippen LogP contribution in [0, 0.1) is 0 Å². The molecule has 0 bridgehead atoms. The summed E-state index contributed by atoms with van der Waals surface area (Å²) in [6.45, 7) is 13.1. The highest BCUT2D eigenvalue weighted by molar-refractivity contribution is 5.66. The Labute approximate surface area is 216 Å². The number of rotatable bonds is 16. The lowest BCUT2D eigenvalue weighted by molar-refractivity contribution is -0.138. The van der Waals surface area contributed by atoms with E-state index in [0.29, 0.717) is 0 Å². The van der Waals surface area contributed by atoms with Gasteiger partial charge >= 0.3 is 11.9 Å². The Bertz CT molecular complexity index is 475. The van der Waals surface area contributed by atoms with Crippen LogP contribution in [0.3, 0.4) is 0 Å². The van der Waals surface area contributed by atoms with E-state index in [1.165, 1.54) is 51.4 Å². The molecule has 0 aromatic carbocycles. The lowest BCUT2D eigenvalue weighted by Crippen LogP contribution is -2.59. The summed E-state index contributed by atoms with van der Waals surface area (Å²) in [5.41, 5.74) is 0.169. The Morgan fingerprint density at radius 3 is 1.17 bits per heavy atom. The van der Waals surface area contributed by atoms with E-state index in [4.69, 9.17) is 10.2 Å². The van der Waals surface area contributed by atoms with Crippen LogP contribution in [-0.4, -0.2) is 44.4 Å². The summed E-state index contributed by atoms with van der Waals surface area (Å²) in [4.78, 5) is 20.3. The lowest BCUT2D eigenvalue weighted by atomic mass is 9.81. The summed E-state index contributed by atoms with van der Waals surface area (Å²) >= 11 is 0. The molecule has 0 aliphatic carbocycles. The molecule has 1 aliphatic heterocycles. The molecule has 6 heteroatoms. The fourth-order valence-electron chi connectivity index (χ4n) is 4.74. The number of hydrogen-bond donors (Lipinski definition) is 4. The zero-order valence-corrected chi connectivity index (χ0v) is 24.0. The number of unbranched alkanes of at least 4 members (excludes halogenated alkanes) is 12. The van der Waals surface area contributed by atoms with Gasteiger partial charge in [-0.15, -0.1) is 0 Å². The van der Waals surface area contributed by atoms with Crippen molar-refractivity contribution < 1.29 is 24.9 Å². The molecule has 0 unspecified atom stereocenters. The van der Waals surface area contributed by atoms with Gasteiger partial charge in [-0.05, 0) is 53.4 Å². The summed E-state index contributed by atoms with van der Waals surface area (Å²) in [6, 6.07) is 0. The zero-order valence-electron chi connectivity index (χ0n) is 24.0. The van der Waals surface area contributed by atoms with Crippen molar-refractivity contribution in [1.82, 2.24) is 5.32 Å². The van der Waals surface area contributed by atoms with Crippen LogP contribution in [0.5, 0.6) is 0 Å². The summed E-state index contributed by atoms with van der Waals surface area (Å²) in [5, 5.41) is 29.7. The van der Waals surface area contributed by atoms with Crippen LogP contribution in [0.4, 0.5) is 0 Å². The number of carbonyl (C=O) groups is 2. The monoisotopic (exact) mass is 501 g/mol. The first-order valence-electron chi connectivity index (χ1n) is 14.3. The molecular weight excluding hydrogens is 442 g/mol. The molecule has 4 N–H and O–H groups in total. The van der Waals surface area contributed by atoms with E-state index in [1.54, 1.807) is 0 Å². The van der Waals surface area contributed by atoms with Gasteiger partial charge in [0.2, 0.25) is 0 Å². The normalized spacial score (nSPS) is 16.4. The van der Waals surface area contributed by atoms with Gasteiger partial charge in [-0.3, -0.25) is 9.59 Å². The number of aliphatic carboxylic acids is 2. The van der Waals surface area contributed by atoms with E-state index in [2.05, 4.69) is 46.9 Å². The Kier molecular flexibility index (Phi) is 22.7. The van der Waals surface area contributed by atoms with Crippen molar-refractivity contribution in [3.05, 3.63) is 0 Å². The van der Waals surface area contributed by atoms with Crippen molar-refractivity contribution in [2.45, 2.75) is 174 Å². The molecule has 0 aromatic rings. The van der Waals surface area contributed by atoms with Crippen molar-refractivity contribution in [2.75, 3.05) is 0 Å². The highest BCUT2D eigenvalue weighted by Crippen LogP contribution is 2.28. The van der Waals surface area contributed by atoms with Gasteiger partial charge in [0.05, 0.1) is 6.10 Å². The molecule has 210 valence electrons. The number of piperidine rings is 1. The van der Waals surface area contributed by atoms with Crippen LogP contribution in [0.15, 0.2) is 0 Å². The molecule has 0 radical (unpaired) electrons. The predicted octanol–water partition coefficient (Wildman–Crippen LogP) is 7.71. The summed E-state index contributed by atoms with van der Waals surface area (Å²) in [7, 11) is 0. The third-order valence-corrected chi connectivity index (χ3v) is 6.16. The highest BCUT2D eigenvalue weighted by atomic mass is 16.4. The number of aliphatic hydroxyl groups excluding tert-OH is 1. The first-order valence-corrected chi connectivity index (χ1v) is 14.3. The minimum Gasteiger partial charge on any atom is -0.481 e. The Balaban J connectivity index is 0. The average Bonchev–Trinajstić information content (AvgIpc) is 2.70. The molecule has 1 saturated heterocycles. The highest BCUT2D eigenvalue weighted by Gasteiger charge is 2.36. The van der Waals surface area contributed by atoms with Gasteiger partial charge in [-0.2, -0.15) is 0 Å². The summed E-state index contributed by atoms with van der Waals surface area (Å²) in [6.07, 6.45) is 18.9. The van der Waals surface area contributed by atoms with Crippen LogP contribution >= 0.6 is 0 Å². The Hall–Kier alpha value is -1.14. The van der Waals surface area contributed by atoms with Crippen LogP contribution in [0.25, 0.3) is 0 Å². The third kappa shape index (κ3) is 29.0. The molecule has 0 spiro atoms. The SMILES string of the molecule is CC1(C)CC(O)CC(C)(C)N1.CCCCCCCCCC.O=C(O)CCCCCCCCC(=O)O. The second-order valence-corrected chi connectivity index (χ2v) is 11.5. The molecule has 0 atom stereocenters. The van der Waals surface area contributed by atoms with E-state index < -0.39 is 11.9 Å². The Morgan fingerprint density at radius 1 is 0.629 bits per heavy atom. The maximum absolute atomic E-state index is 10.1. The van der Waals surface area contributed by atoms with Crippen LogP contribution in [-0.2, 0) is 9.59 Å². The van der Waals surface area contributed by atoms with Crippen molar-refractivity contribution in [3.8, 4) is 0 Å². The molecule has 35 heavy (non-hydrogen) atoms. The molecule has 1 fully saturated rings. The van der Waals surface area contributed by atoms with E-state index in [0.717, 1.165) is 51.4 Å². The fourth-order valence-corrected chi connectivity index (χ4v) is 4.74. The number of carboxylic acid groups (broad SMARTS) is 2. The molecule has 1 heterocycles. The minimum atomic E-state index is -0.740. The van der Waals surface area contributed by atoms with Gasteiger partial charge in [-0.1, -0.05) is 90.9 Å². The number of aliphatic hydroxyl groups is 1. The quantitative estimate of drug-likeness (QED) is 0.161. The topological polar surface area (TPSA) is 107 Å². The molecule has 0 amide bonds. The fraction of sp³-hybridized carbons (Fsp3) is 0.931. The minimum absolute atomic E-state index is 0.0845. The Morgan fingerprint density at radius 2 is 0.914 bits per heavy atom. The largest absolute Gasteiger partial charge is 0.481 e. The molecular formula is C29H59NO5. The molecule has 1 rings (SSSR count). The van der Waals surface area contributed by atoms with Gasteiger partial charge in [0.15, 0.2) is 0 Å². The van der Waals surface area contributed by atoms with Crippen molar-refractivity contribution in [1.29, 1.82) is 0 Å². The molecule has 0 aromatic heterocycles. The molecule has 0 saturated carbocycles. The predicted molar refractivity (Wildman–Crippen MR) is 147 cm³/mol. The third-order valence-electron chi connectivity index (χ3n) is 6.16. The number of nitrogens with one attached hydrogen (secondary N) is 1. The van der Waals surface area contributed by atoms with E-state index in [1.807, 2.05) is 0 Å². The van der Waals surface area contributed by atoms with Crippen molar-refractivity contribution in [3.63, 3.8) is 0 Å². The van der Waals surface area contributed by atoms with E-state index >= 15 is 0 Å². The standard InChI is InChI=1S/C10H18O4.C10H22.C9H19NO/c11-9(12)7-5-3-1-2-4-6-8-10(13)14;1-3-5-7-9-10-8-6-4-2;1-8(2)5-7(11)6-9(3,4)10-8/h1-8H2,(H,11,12)(H,13,14);3-10H2,1-2H3;7,10-11H,5-6H2,1-4H3. The second-order valence-electron chi connectivity index (χ2n) is 11.5. The summed E-state index contributed by atoms with van der Waals surface area (Å²) < 4.78 is 0. The maximum Gasteiger partial charge on any atom is 0.303 e. The first-order chi connectivity index (χ1) is 16.3. The number of carboxylic acids is 2. The lowest BCUT2D eigenvalue weighted by Gasteiger charge is -2.44. The van der Waals surface area contributed by atoms with Crippen LogP contribution < -0.4 is 5.32 Å². The van der Waals surface area contributed by atoms with Gasteiger partial charge in [-0.25, -0.2) is 0 Å². The van der Waals surface area contributed by atoms with Crippen molar-refractivity contribution >= 4 is 11.9 Å². The maximum atomic E-state index is 10.1. The van der Waals surface area contributed by atoms with Crippen LogP contribution in [0.1, 0.15) is 157 Å². The van der Waals surface area contributed by atoms with Crippen LogP contribution in [0.2, 0.25) is 0 Å². The van der Waals surface area contributed by atoms with Gasteiger partial charge in [0.1, 0.15) is 0 Å². The average molecular weight is 502 g/mol. The smallest absolute Gasteiger partial charge is 0.303 e.